The van der Waals surface area contributed by atoms with Crippen molar-refractivity contribution in [2.45, 2.75) is 39.5 Å². The average molecular weight is 485 g/mol. The van der Waals surface area contributed by atoms with Crippen molar-refractivity contribution in [2.24, 2.45) is 7.05 Å². The van der Waals surface area contributed by atoms with Crippen LogP contribution in [0.5, 0.6) is 5.75 Å². The van der Waals surface area contributed by atoms with Crippen molar-refractivity contribution in [1.82, 2.24) is 9.55 Å². The second-order valence-electron chi connectivity index (χ2n) is 9.39. The van der Waals surface area contributed by atoms with Gasteiger partial charge in [0.05, 0.1) is 7.11 Å². The minimum absolute atomic E-state index is 0.160. The molecule has 4 rings (SSSR count). The molecule has 0 fully saturated rings. The van der Waals surface area contributed by atoms with Crippen molar-refractivity contribution < 1.29 is 9.53 Å². The Bertz CT molecular complexity index is 1460. The standard InChI is InChI=1S/C29H32N4O3/c1-17(2)19-12-9-13-20(18(3)4)25(19)31-29(35)32-26-24(21-11-7-8-15-23(21)36-6)22-14-10-16-30-27(22)33(5)28(26)34/h7-18H,1-6H3,(H2,31,32,35). The van der Waals surface area contributed by atoms with Gasteiger partial charge >= 0.3 is 6.03 Å². The first kappa shape index (κ1) is 25.0. The Balaban J connectivity index is 1.88. The molecule has 0 atom stereocenters. The summed E-state index contributed by atoms with van der Waals surface area (Å²) in [5, 5.41) is 6.65. The van der Waals surface area contributed by atoms with E-state index in [0.717, 1.165) is 22.2 Å². The van der Waals surface area contributed by atoms with Crippen LogP contribution >= 0.6 is 0 Å². The molecule has 0 saturated carbocycles. The molecule has 36 heavy (non-hydrogen) atoms. The third-order valence-electron chi connectivity index (χ3n) is 6.37. The van der Waals surface area contributed by atoms with E-state index in [4.69, 9.17) is 4.74 Å². The van der Waals surface area contributed by atoms with Gasteiger partial charge in [0.1, 0.15) is 17.1 Å². The third kappa shape index (κ3) is 4.56. The van der Waals surface area contributed by atoms with E-state index in [0.29, 0.717) is 22.5 Å². The second kappa shape index (κ2) is 10.2. The maximum Gasteiger partial charge on any atom is 0.323 e. The highest BCUT2D eigenvalue weighted by Crippen LogP contribution is 2.38. The number of methoxy groups -OCH3 is 1. The van der Waals surface area contributed by atoms with Crippen LogP contribution < -0.4 is 20.9 Å². The molecular formula is C29H32N4O3. The van der Waals surface area contributed by atoms with Gasteiger partial charge in [-0.05, 0) is 41.2 Å². The van der Waals surface area contributed by atoms with Gasteiger partial charge in [-0.1, -0.05) is 64.1 Å². The molecule has 0 saturated heterocycles. The lowest BCUT2D eigenvalue weighted by Gasteiger charge is -2.21. The van der Waals surface area contributed by atoms with Crippen LogP contribution in [0.15, 0.2) is 65.6 Å². The highest BCUT2D eigenvalue weighted by molar-refractivity contribution is 6.08. The molecule has 7 heteroatoms. The number of rotatable bonds is 6. The lowest BCUT2D eigenvalue weighted by atomic mass is 9.93. The lowest BCUT2D eigenvalue weighted by molar-refractivity contribution is 0.262. The van der Waals surface area contributed by atoms with Gasteiger partial charge in [0.25, 0.3) is 5.56 Å². The number of carbonyl (C=O) groups is 1. The number of amides is 2. The zero-order chi connectivity index (χ0) is 26.0. The molecule has 2 aromatic carbocycles. The number of fused-ring (bicyclic) bond motifs is 1. The number of aryl methyl sites for hydroxylation is 1. The van der Waals surface area contributed by atoms with Crippen molar-refractivity contribution in [3.63, 3.8) is 0 Å². The first-order valence-corrected chi connectivity index (χ1v) is 12.1. The zero-order valence-electron chi connectivity index (χ0n) is 21.5. The van der Waals surface area contributed by atoms with Crippen LogP contribution in [-0.2, 0) is 7.05 Å². The molecule has 0 bridgehead atoms. The number of pyridine rings is 2. The number of ether oxygens (including phenoxy) is 1. The number of hydrogen-bond acceptors (Lipinski definition) is 4. The van der Waals surface area contributed by atoms with Gasteiger partial charge < -0.3 is 15.4 Å². The number of nitrogens with zero attached hydrogens (tertiary/aromatic N) is 2. The van der Waals surface area contributed by atoms with Gasteiger partial charge in [-0.3, -0.25) is 9.36 Å². The fourth-order valence-corrected chi connectivity index (χ4v) is 4.57. The molecule has 0 radical (unpaired) electrons. The molecule has 0 aliphatic rings. The van der Waals surface area contributed by atoms with E-state index in [9.17, 15) is 9.59 Å². The number of nitrogens with one attached hydrogen (secondary N) is 2. The maximum atomic E-state index is 13.6. The third-order valence-corrected chi connectivity index (χ3v) is 6.37. The van der Waals surface area contributed by atoms with Gasteiger partial charge in [0.2, 0.25) is 0 Å². The molecule has 2 N–H and O–H groups in total. The lowest BCUT2D eigenvalue weighted by Crippen LogP contribution is -2.29. The minimum atomic E-state index is -0.485. The Labute approximate surface area is 211 Å². The van der Waals surface area contributed by atoms with E-state index < -0.39 is 6.03 Å². The summed E-state index contributed by atoms with van der Waals surface area (Å²) < 4.78 is 7.05. The summed E-state index contributed by atoms with van der Waals surface area (Å²) in [5.74, 6) is 1.01. The summed E-state index contributed by atoms with van der Waals surface area (Å²) in [6, 6.07) is 16.7. The number of carbonyl (C=O) groups excluding carboxylic acids is 1. The summed E-state index contributed by atoms with van der Waals surface area (Å²) in [7, 11) is 3.23. The summed E-state index contributed by atoms with van der Waals surface area (Å²) in [6.45, 7) is 8.37. The molecule has 0 aliphatic heterocycles. The van der Waals surface area contributed by atoms with Crippen molar-refractivity contribution in [1.29, 1.82) is 0 Å². The molecule has 7 nitrogen and oxygen atoms in total. The van der Waals surface area contributed by atoms with E-state index in [-0.39, 0.29) is 23.1 Å². The number of para-hydroxylation sites is 2. The molecule has 0 aliphatic carbocycles. The SMILES string of the molecule is COc1ccccc1-c1c(NC(=O)Nc2c(C(C)C)cccc2C(C)C)c(=O)n(C)c2ncccc12. The van der Waals surface area contributed by atoms with E-state index in [1.807, 2.05) is 54.6 Å². The summed E-state index contributed by atoms with van der Waals surface area (Å²) in [5.41, 5.74) is 4.42. The van der Waals surface area contributed by atoms with Crippen LogP contribution in [0.25, 0.3) is 22.2 Å². The normalized spacial score (nSPS) is 11.2. The summed E-state index contributed by atoms with van der Waals surface area (Å²) in [4.78, 5) is 31.4. The summed E-state index contributed by atoms with van der Waals surface area (Å²) >= 11 is 0. The minimum Gasteiger partial charge on any atom is -0.496 e. The monoisotopic (exact) mass is 484 g/mol. The topological polar surface area (TPSA) is 85.3 Å². The van der Waals surface area contributed by atoms with Crippen molar-refractivity contribution in [3.05, 3.63) is 82.3 Å². The molecule has 4 aromatic rings. The highest BCUT2D eigenvalue weighted by Gasteiger charge is 2.23. The van der Waals surface area contributed by atoms with Crippen molar-refractivity contribution in [3.8, 4) is 16.9 Å². The predicted molar refractivity (Wildman–Crippen MR) is 146 cm³/mol. The average Bonchev–Trinajstić information content (AvgIpc) is 2.87. The second-order valence-corrected chi connectivity index (χ2v) is 9.39. The number of urea groups is 1. The van der Waals surface area contributed by atoms with Gasteiger partial charge in [-0.2, -0.15) is 0 Å². The Hall–Kier alpha value is -4.13. The molecule has 186 valence electrons. The van der Waals surface area contributed by atoms with E-state index in [1.165, 1.54) is 4.57 Å². The van der Waals surface area contributed by atoms with Crippen LogP contribution in [0, 0.1) is 0 Å². The fourth-order valence-electron chi connectivity index (χ4n) is 4.57. The van der Waals surface area contributed by atoms with E-state index in [1.54, 1.807) is 20.4 Å². The van der Waals surface area contributed by atoms with E-state index in [2.05, 4.69) is 43.3 Å². The molecule has 2 amide bonds. The number of benzene rings is 2. The number of hydrogen-bond donors (Lipinski definition) is 2. The molecule has 2 aromatic heterocycles. The Morgan fingerprint density at radius 2 is 1.53 bits per heavy atom. The van der Waals surface area contributed by atoms with Crippen LogP contribution in [0.3, 0.4) is 0 Å². The number of aromatic nitrogens is 2. The Morgan fingerprint density at radius 3 is 2.17 bits per heavy atom. The van der Waals surface area contributed by atoms with Crippen LogP contribution in [-0.4, -0.2) is 22.7 Å². The number of anilines is 2. The predicted octanol–water partition coefficient (Wildman–Crippen LogP) is 6.50. The quantitative estimate of drug-likeness (QED) is 0.327. The van der Waals surface area contributed by atoms with Gasteiger partial charge in [-0.15, -0.1) is 0 Å². The van der Waals surface area contributed by atoms with Crippen molar-refractivity contribution >= 4 is 28.4 Å². The van der Waals surface area contributed by atoms with Crippen LogP contribution in [0.1, 0.15) is 50.7 Å². The molecule has 2 heterocycles. The Morgan fingerprint density at radius 1 is 0.889 bits per heavy atom. The first-order valence-electron chi connectivity index (χ1n) is 12.1. The molecule has 0 spiro atoms. The first-order chi connectivity index (χ1) is 17.2. The van der Waals surface area contributed by atoms with E-state index >= 15 is 0 Å². The molecular weight excluding hydrogens is 452 g/mol. The highest BCUT2D eigenvalue weighted by atomic mass is 16.5. The van der Waals surface area contributed by atoms with Crippen LogP contribution in [0.2, 0.25) is 0 Å². The van der Waals surface area contributed by atoms with Gasteiger partial charge in [-0.25, -0.2) is 9.78 Å². The summed E-state index contributed by atoms with van der Waals surface area (Å²) in [6.07, 6.45) is 1.64. The largest absolute Gasteiger partial charge is 0.496 e. The van der Waals surface area contributed by atoms with Crippen LogP contribution in [0.4, 0.5) is 16.2 Å². The van der Waals surface area contributed by atoms with Crippen molar-refractivity contribution in [2.75, 3.05) is 17.7 Å². The van der Waals surface area contributed by atoms with Gasteiger partial charge in [0, 0.05) is 35.4 Å². The van der Waals surface area contributed by atoms with Gasteiger partial charge in [0.15, 0.2) is 0 Å². The zero-order valence-corrected chi connectivity index (χ0v) is 21.5. The maximum absolute atomic E-state index is 13.6. The molecule has 0 unspecified atom stereocenters. The fraction of sp³-hybridized carbons (Fsp3) is 0.276. The Kier molecular flexibility index (Phi) is 7.10. The smallest absolute Gasteiger partial charge is 0.323 e.